The Hall–Kier alpha value is -3.10. The molecular weight excluding hydrogens is 537 g/mol. The maximum absolute atomic E-state index is 12.8. The van der Waals surface area contributed by atoms with E-state index in [2.05, 4.69) is 69.1 Å². The van der Waals surface area contributed by atoms with Gasteiger partial charge in [-0.2, -0.15) is 0 Å². The number of imidazole rings is 1. The Bertz CT molecular complexity index is 1540. The van der Waals surface area contributed by atoms with Crippen LogP contribution in [0.3, 0.4) is 0 Å². The molecule has 0 radical (unpaired) electrons. The van der Waals surface area contributed by atoms with E-state index in [9.17, 15) is 4.79 Å². The number of aromatic nitrogens is 2. The predicted molar refractivity (Wildman–Crippen MR) is 169 cm³/mol. The smallest absolute Gasteiger partial charge is 0.444 e. The van der Waals surface area contributed by atoms with E-state index < -0.39 is 5.60 Å². The van der Waals surface area contributed by atoms with Gasteiger partial charge in [0.2, 0.25) is 0 Å². The third-order valence-electron chi connectivity index (χ3n) is 10.5. The number of likely N-dealkylation sites (tertiary alicyclic amines) is 1. The van der Waals surface area contributed by atoms with Gasteiger partial charge in [-0.1, -0.05) is 36.4 Å². The van der Waals surface area contributed by atoms with E-state index in [0.717, 1.165) is 42.3 Å². The average Bonchev–Trinajstić information content (AvgIpc) is 3.67. The third-order valence-corrected chi connectivity index (χ3v) is 10.5. The SMILES string of the molecule is CC(C)(C)OC(=O)N1CCCC1c1ncc(-c2ccc(-c3ccc(B4OC(C)(C)C(C)(C)O4)c4c3C3CCC3C4)cc2)[nH]1. The van der Waals surface area contributed by atoms with Crippen molar-refractivity contribution in [1.82, 2.24) is 14.9 Å². The minimum atomic E-state index is -0.522. The number of amides is 1. The molecule has 1 amide bonds. The second-order valence-corrected chi connectivity index (χ2v) is 14.9. The molecule has 4 aliphatic rings. The van der Waals surface area contributed by atoms with Crippen molar-refractivity contribution in [3.63, 3.8) is 0 Å². The Labute approximate surface area is 255 Å². The normalized spacial score (nSPS) is 25.4. The molecule has 3 unspecified atom stereocenters. The zero-order chi connectivity index (χ0) is 30.3. The van der Waals surface area contributed by atoms with E-state index in [4.69, 9.17) is 19.0 Å². The maximum atomic E-state index is 12.8. The number of H-pyrrole nitrogens is 1. The van der Waals surface area contributed by atoms with Crippen LogP contribution in [0.2, 0.25) is 0 Å². The molecule has 2 aliphatic carbocycles. The van der Waals surface area contributed by atoms with Crippen molar-refractivity contribution < 1.29 is 18.8 Å². The number of rotatable bonds is 4. The molecule has 1 saturated carbocycles. The number of carbonyl (C=O) groups excluding carboxylic acids is 1. The molecule has 7 rings (SSSR count). The van der Waals surface area contributed by atoms with Gasteiger partial charge in [-0.15, -0.1) is 0 Å². The number of ether oxygens (including phenoxy) is 1. The van der Waals surface area contributed by atoms with Crippen molar-refractivity contribution in [2.24, 2.45) is 5.92 Å². The lowest BCUT2D eigenvalue weighted by Crippen LogP contribution is -2.41. The largest absolute Gasteiger partial charge is 0.495 e. The highest BCUT2D eigenvalue weighted by Crippen LogP contribution is 2.54. The second-order valence-electron chi connectivity index (χ2n) is 14.9. The molecule has 0 bridgehead atoms. The van der Waals surface area contributed by atoms with Gasteiger partial charge in [0, 0.05) is 6.54 Å². The lowest BCUT2D eigenvalue weighted by atomic mass is 9.72. The number of nitrogens with one attached hydrogen (secondary N) is 1. The summed E-state index contributed by atoms with van der Waals surface area (Å²) in [4.78, 5) is 22.8. The quantitative estimate of drug-likeness (QED) is 0.331. The summed E-state index contributed by atoms with van der Waals surface area (Å²) < 4.78 is 18.6. The summed E-state index contributed by atoms with van der Waals surface area (Å²) >= 11 is 0. The van der Waals surface area contributed by atoms with E-state index in [0.29, 0.717) is 12.5 Å². The first-order valence-electron chi connectivity index (χ1n) is 16.0. The summed E-state index contributed by atoms with van der Waals surface area (Å²) in [7, 11) is -0.326. The van der Waals surface area contributed by atoms with Crippen LogP contribution in [-0.2, 0) is 20.5 Å². The summed E-state index contributed by atoms with van der Waals surface area (Å²) in [5.74, 6) is 2.17. The van der Waals surface area contributed by atoms with Gasteiger partial charge in [0.05, 0.1) is 29.1 Å². The van der Waals surface area contributed by atoms with Crippen molar-refractivity contribution in [2.75, 3.05) is 6.54 Å². The van der Waals surface area contributed by atoms with Gasteiger partial charge < -0.3 is 19.0 Å². The number of nitrogens with zero attached hydrogens (tertiary/aromatic N) is 2. The van der Waals surface area contributed by atoms with Crippen molar-refractivity contribution in [3.05, 3.63) is 59.5 Å². The summed E-state index contributed by atoms with van der Waals surface area (Å²) in [5.41, 5.74) is 7.53. The van der Waals surface area contributed by atoms with E-state index in [-0.39, 0.29) is 30.5 Å². The highest BCUT2D eigenvalue weighted by molar-refractivity contribution is 6.62. The van der Waals surface area contributed by atoms with E-state index >= 15 is 0 Å². The third kappa shape index (κ3) is 4.91. The molecule has 0 spiro atoms. The van der Waals surface area contributed by atoms with E-state index in [1.165, 1.54) is 40.6 Å². The molecule has 2 aromatic carbocycles. The average molecular weight is 582 g/mol. The van der Waals surface area contributed by atoms with Crippen molar-refractivity contribution >= 4 is 18.7 Å². The van der Waals surface area contributed by atoms with Gasteiger partial charge in [0.1, 0.15) is 11.4 Å². The lowest BCUT2D eigenvalue weighted by molar-refractivity contribution is 0.00578. The van der Waals surface area contributed by atoms with Crippen LogP contribution in [0.5, 0.6) is 0 Å². The topological polar surface area (TPSA) is 76.7 Å². The molecular formula is C35H44BN3O4. The van der Waals surface area contributed by atoms with Gasteiger partial charge in [-0.3, -0.25) is 4.90 Å². The number of carbonyl (C=O) groups is 1. The molecule has 2 aliphatic heterocycles. The van der Waals surface area contributed by atoms with Crippen LogP contribution < -0.4 is 5.46 Å². The zero-order valence-corrected chi connectivity index (χ0v) is 26.6. The first kappa shape index (κ1) is 28.7. The number of hydrogen-bond acceptors (Lipinski definition) is 5. The summed E-state index contributed by atoms with van der Waals surface area (Å²) in [5, 5.41) is 0. The van der Waals surface area contributed by atoms with Crippen LogP contribution in [0.1, 0.15) is 103 Å². The standard InChI is InChI=1S/C35H44BN3O4/c1-33(2,3)41-32(40)39-18-8-9-29(39)31-37-20-28(38-31)22-12-10-21(11-13-22)24-16-17-27(26-19-23-14-15-25(23)30(24)26)36-42-34(4,5)35(6,7)43-36/h10-13,16-17,20,23,25,29H,8-9,14-15,18-19H2,1-7H3,(H,37,38). The molecule has 43 heavy (non-hydrogen) atoms. The molecule has 8 heteroatoms. The van der Waals surface area contributed by atoms with Crippen LogP contribution in [0.4, 0.5) is 4.79 Å². The molecule has 226 valence electrons. The van der Waals surface area contributed by atoms with Crippen molar-refractivity contribution in [1.29, 1.82) is 0 Å². The van der Waals surface area contributed by atoms with Gasteiger partial charge in [-0.05, 0) is 126 Å². The maximum Gasteiger partial charge on any atom is 0.495 e. The second kappa shape index (κ2) is 9.96. The Morgan fingerprint density at radius 3 is 2.35 bits per heavy atom. The van der Waals surface area contributed by atoms with Crippen LogP contribution in [0.25, 0.3) is 22.4 Å². The molecule has 1 N–H and O–H groups in total. The molecule has 3 atom stereocenters. The fourth-order valence-corrected chi connectivity index (χ4v) is 7.30. The zero-order valence-electron chi connectivity index (χ0n) is 26.6. The van der Waals surface area contributed by atoms with E-state index in [1.54, 1.807) is 4.90 Å². The first-order chi connectivity index (χ1) is 20.3. The van der Waals surface area contributed by atoms with Gasteiger partial charge in [0.25, 0.3) is 0 Å². The number of aromatic amines is 1. The summed E-state index contributed by atoms with van der Waals surface area (Å²) in [6, 6.07) is 13.2. The lowest BCUT2D eigenvalue weighted by Gasteiger charge is -2.32. The highest BCUT2D eigenvalue weighted by Gasteiger charge is 2.53. The molecule has 3 aromatic rings. The Balaban J connectivity index is 1.14. The van der Waals surface area contributed by atoms with Gasteiger partial charge in [0.15, 0.2) is 0 Å². The van der Waals surface area contributed by atoms with E-state index in [1.807, 2.05) is 27.0 Å². The fraction of sp³-hybridized carbons (Fsp3) is 0.543. The fourth-order valence-electron chi connectivity index (χ4n) is 7.30. The number of fused-ring (bicyclic) bond motifs is 3. The summed E-state index contributed by atoms with van der Waals surface area (Å²) in [6.45, 7) is 14.9. The number of benzene rings is 2. The van der Waals surface area contributed by atoms with Crippen LogP contribution in [-0.4, -0.2) is 51.4 Å². The minimum absolute atomic E-state index is 0.0941. The highest BCUT2D eigenvalue weighted by atomic mass is 16.7. The molecule has 3 heterocycles. The minimum Gasteiger partial charge on any atom is -0.444 e. The van der Waals surface area contributed by atoms with Crippen LogP contribution in [0, 0.1) is 5.92 Å². The number of hydrogen-bond donors (Lipinski definition) is 1. The first-order valence-corrected chi connectivity index (χ1v) is 16.0. The predicted octanol–water partition coefficient (Wildman–Crippen LogP) is 7.16. The monoisotopic (exact) mass is 581 g/mol. The van der Waals surface area contributed by atoms with Crippen molar-refractivity contribution in [3.8, 4) is 22.4 Å². The van der Waals surface area contributed by atoms with Gasteiger partial charge in [-0.25, -0.2) is 9.78 Å². The van der Waals surface area contributed by atoms with Crippen LogP contribution >= 0.6 is 0 Å². The Kier molecular flexibility index (Phi) is 6.64. The Morgan fingerprint density at radius 2 is 1.70 bits per heavy atom. The molecule has 2 saturated heterocycles. The molecule has 7 nitrogen and oxygen atoms in total. The molecule has 1 aromatic heterocycles. The van der Waals surface area contributed by atoms with Crippen LogP contribution in [0.15, 0.2) is 42.6 Å². The molecule has 3 fully saturated rings. The van der Waals surface area contributed by atoms with Crippen molar-refractivity contribution in [2.45, 2.75) is 109 Å². The Morgan fingerprint density at radius 1 is 1.00 bits per heavy atom. The van der Waals surface area contributed by atoms with Gasteiger partial charge >= 0.3 is 13.2 Å². The summed E-state index contributed by atoms with van der Waals surface area (Å²) in [6.07, 6.45) is 7.09.